The molecule has 0 aliphatic rings. The first-order chi connectivity index (χ1) is 7.02. The summed E-state index contributed by atoms with van der Waals surface area (Å²) in [7, 11) is 3.27. The van der Waals surface area contributed by atoms with E-state index in [0.29, 0.717) is 0 Å². The predicted molar refractivity (Wildman–Crippen MR) is 60.1 cm³/mol. The van der Waals surface area contributed by atoms with E-state index in [2.05, 4.69) is 5.32 Å². The molecule has 0 fully saturated rings. The second-order valence-electron chi connectivity index (χ2n) is 3.93. The first-order valence-electron chi connectivity index (χ1n) is 4.89. The molecular weight excluding hydrogens is 190 g/mol. The minimum absolute atomic E-state index is 0.00710. The molecule has 82 valence electrons. The molecule has 0 bridgehead atoms. The van der Waals surface area contributed by atoms with Crippen molar-refractivity contribution in [1.82, 2.24) is 5.32 Å². The molecule has 0 aromatic heterocycles. The maximum Gasteiger partial charge on any atom is 0.229 e. The summed E-state index contributed by atoms with van der Waals surface area (Å²) in [5, 5.41) is 2.66. The van der Waals surface area contributed by atoms with Crippen molar-refractivity contribution in [3.63, 3.8) is 0 Å². The molecule has 0 unspecified atom stereocenters. The Hall–Kier alpha value is -1.51. The van der Waals surface area contributed by atoms with Gasteiger partial charge in [-0.15, -0.1) is 0 Å². The van der Waals surface area contributed by atoms with Gasteiger partial charge in [-0.3, -0.25) is 4.79 Å². The highest BCUT2D eigenvalue weighted by Gasteiger charge is 2.28. The lowest BCUT2D eigenvalue weighted by molar-refractivity contribution is -0.125. The fourth-order valence-electron chi connectivity index (χ4n) is 1.45. The van der Waals surface area contributed by atoms with Gasteiger partial charge in [0.25, 0.3) is 0 Å². The van der Waals surface area contributed by atoms with Crippen LogP contribution in [0.25, 0.3) is 0 Å². The fraction of sp³-hybridized carbons (Fsp3) is 0.417. The number of nitrogens with one attached hydrogen (secondary N) is 1. The first kappa shape index (κ1) is 11.6. The third kappa shape index (κ3) is 2.29. The summed E-state index contributed by atoms with van der Waals surface area (Å²) in [5.41, 5.74) is 0.462. The number of carbonyl (C=O) groups excluding carboxylic acids is 1. The smallest absolute Gasteiger partial charge is 0.229 e. The highest BCUT2D eigenvalue weighted by atomic mass is 16.5. The van der Waals surface area contributed by atoms with E-state index in [1.807, 2.05) is 38.1 Å². The number of hydrogen-bond acceptors (Lipinski definition) is 2. The van der Waals surface area contributed by atoms with Gasteiger partial charge in [-0.1, -0.05) is 12.1 Å². The topological polar surface area (TPSA) is 38.3 Å². The lowest BCUT2D eigenvalue weighted by Crippen LogP contribution is -2.37. The number of rotatable bonds is 3. The minimum atomic E-state index is -0.513. The fourth-order valence-corrected chi connectivity index (χ4v) is 1.45. The number of likely N-dealkylation sites (N-methyl/N-ethyl adjacent to an activating group) is 1. The molecule has 0 saturated carbocycles. The molecule has 15 heavy (non-hydrogen) atoms. The molecule has 0 spiro atoms. The van der Waals surface area contributed by atoms with Crippen molar-refractivity contribution in [2.75, 3.05) is 14.2 Å². The zero-order valence-corrected chi connectivity index (χ0v) is 9.63. The second-order valence-corrected chi connectivity index (χ2v) is 3.93. The van der Waals surface area contributed by atoms with Gasteiger partial charge in [0.2, 0.25) is 5.91 Å². The van der Waals surface area contributed by atoms with Crippen LogP contribution >= 0.6 is 0 Å². The van der Waals surface area contributed by atoms with Gasteiger partial charge in [0, 0.05) is 7.05 Å². The lowest BCUT2D eigenvalue weighted by atomic mass is 9.84. The Kier molecular flexibility index (Phi) is 3.35. The molecular formula is C12H17NO2. The highest BCUT2D eigenvalue weighted by molar-refractivity contribution is 5.87. The van der Waals surface area contributed by atoms with Crippen LogP contribution in [0.4, 0.5) is 0 Å². The van der Waals surface area contributed by atoms with Crippen molar-refractivity contribution in [2.45, 2.75) is 19.3 Å². The van der Waals surface area contributed by atoms with Gasteiger partial charge in [-0.05, 0) is 31.5 Å². The van der Waals surface area contributed by atoms with Crippen molar-refractivity contribution in [1.29, 1.82) is 0 Å². The number of amides is 1. The number of benzene rings is 1. The van der Waals surface area contributed by atoms with Crippen LogP contribution in [0.15, 0.2) is 24.3 Å². The summed E-state index contributed by atoms with van der Waals surface area (Å²) in [5.74, 6) is 0.805. The van der Waals surface area contributed by atoms with Crippen LogP contribution in [-0.4, -0.2) is 20.1 Å². The minimum Gasteiger partial charge on any atom is -0.497 e. The van der Waals surface area contributed by atoms with Gasteiger partial charge in [-0.2, -0.15) is 0 Å². The number of carbonyl (C=O) groups is 1. The van der Waals surface area contributed by atoms with Crippen molar-refractivity contribution in [3.8, 4) is 5.75 Å². The van der Waals surface area contributed by atoms with Crippen LogP contribution in [0.5, 0.6) is 5.75 Å². The maximum atomic E-state index is 11.6. The van der Waals surface area contributed by atoms with Crippen molar-refractivity contribution in [2.24, 2.45) is 0 Å². The summed E-state index contributed by atoms with van der Waals surface area (Å²) >= 11 is 0. The van der Waals surface area contributed by atoms with Crippen molar-refractivity contribution >= 4 is 5.91 Å². The standard InChI is InChI=1S/C12H17NO2/c1-12(2,11(14)13-3)9-5-7-10(15-4)8-6-9/h5-8H,1-4H3,(H,13,14). The number of ether oxygens (including phenoxy) is 1. The predicted octanol–water partition coefficient (Wildman–Crippen LogP) is 1.72. The van der Waals surface area contributed by atoms with Gasteiger partial charge in [0.15, 0.2) is 0 Å². The second kappa shape index (κ2) is 4.34. The van der Waals surface area contributed by atoms with E-state index in [0.717, 1.165) is 11.3 Å². The Morgan fingerprint density at radius 3 is 2.20 bits per heavy atom. The third-order valence-corrected chi connectivity index (χ3v) is 2.61. The quantitative estimate of drug-likeness (QED) is 0.819. The van der Waals surface area contributed by atoms with Gasteiger partial charge in [-0.25, -0.2) is 0 Å². The van der Waals surface area contributed by atoms with Gasteiger partial charge in [0.05, 0.1) is 12.5 Å². The van der Waals surface area contributed by atoms with Crippen LogP contribution in [0.3, 0.4) is 0 Å². The maximum absolute atomic E-state index is 11.6. The number of hydrogen-bond donors (Lipinski definition) is 1. The summed E-state index contributed by atoms with van der Waals surface area (Å²) in [6.45, 7) is 3.79. The molecule has 0 radical (unpaired) electrons. The van der Waals surface area contributed by atoms with Crippen LogP contribution in [0, 0.1) is 0 Å². The molecule has 3 nitrogen and oxygen atoms in total. The zero-order chi connectivity index (χ0) is 11.5. The molecule has 1 aromatic rings. The molecule has 1 rings (SSSR count). The summed E-state index contributed by atoms with van der Waals surface area (Å²) in [6, 6.07) is 7.54. The SMILES string of the molecule is CNC(=O)C(C)(C)c1ccc(OC)cc1. The van der Waals surface area contributed by atoms with Crippen LogP contribution in [0.1, 0.15) is 19.4 Å². The summed E-state index contributed by atoms with van der Waals surface area (Å²) in [4.78, 5) is 11.6. The van der Waals surface area contributed by atoms with Crippen LogP contribution in [0.2, 0.25) is 0 Å². The molecule has 0 atom stereocenters. The lowest BCUT2D eigenvalue weighted by Gasteiger charge is -2.23. The highest BCUT2D eigenvalue weighted by Crippen LogP contribution is 2.25. The van der Waals surface area contributed by atoms with Crippen molar-refractivity contribution < 1.29 is 9.53 Å². The Balaban J connectivity index is 3.00. The van der Waals surface area contributed by atoms with Crippen LogP contribution < -0.4 is 10.1 Å². The Labute approximate surface area is 90.4 Å². The molecule has 0 aliphatic heterocycles. The van der Waals surface area contributed by atoms with E-state index in [4.69, 9.17) is 4.74 Å². The van der Waals surface area contributed by atoms with E-state index in [1.54, 1.807) is 14.2 Å². The Morgan fingerprint density at radius 2 is 1.80 bits per heavy atom. The number of methoxy groups -OCH3 is 1. The summed E-state index contributed by atoms with van der Waals surface area (Å²) < 4.78 is 5.07. The largest absolute Gasteiger partial charge is 0.497 e. The van der Waals surface area contributed by atoms with Crippen molar-refractivity contribution in [3.05, 3.63) is 29.8 Å². The first-order valence-corrected chi connectivity index (χ1v) is 4.89. The van der Waals surface area contributed by atoms with E-state index in [1.165, 1.54) is 0 Å². The average molecular weight is 207 g/mol. The molecule has 1 N–H and O–H groups in total. The van der Waals surface area contributed by atoms with E-state index in [-0.39, 0.29) is 5.91 Å². The third-order valence-electron chi connectivity index (χ3n) is 2.61. The van der Waals surface area contributed by atoms with Gasteiger partial charge >= 0.3 is 0 Å². The van der Waals surface area contributed by atoms with E-state index < -0.39 is 5.41 Å². The molecule has 0 aliphatic carbocycles. The molecule has 3 heteroatoms. The molecule has 1 amide bonds. The Bertz CT molecular complexity index is 341. The van der Waals surface area contributed by atoms with Gasteiger partial charge < -0.3 is 10.1 Å². The normalized spacial score (nSPS) is 10.9. The zero-order valence-electron chi connectivity index (χ0n) is 9.63. The van der Waals surface area contributed by atoms with Crippen LogP contribution in [-0.2, 0) is 10.2 Å². The molecule has 0 heterocycles. The Morgan fingerprint density at radius 1 is 1.27 bits per heavy atom. The van der Waals surface area contributed by atoms with E-state index in [9.17, 15) is 4.79 Å². The van der Waals surface area contributed by atoms with Gasteiger partial charge in [0.1, 0.15) is 5.75 Å². The van der Waals surface area contributed by atoms with E-state index >= 15 is 0 Å². The molecule has 0 saturated heterocycles. The average Bonchev–Trinajstić information content (AvgIpc) is 2.28. The summed E-state index contributed by atoms with van der Waals surface area (Å²) in [6.07, 6.45) is 0. The molecule has 1 aromatic carbocycles. The monoisotopic (exact) mass is 207 g/mol.